The van der Waals surface area contributed by atoms with Crippen LogP contribution in [-0.2, 0) is 9.47 Å². The molecule has 17 heavy (non-hydrogen) atoms. The summed E-state index contributed by atoms with van der Waals surface area (Å²) >= 11 is 6.18. The van der Waals surface area contributed by atoms with Gasteiger partial charge >= 0.3 is 0 Å². The van der Waals surface area contributed by atoms with Crippen LogP contribution in [0.5, 0.6) is 0 Å². The highest BCUT2D eigenvalue weighted by Gasteiger charge is 2.28. The molecule has 3 heteroatoms. The van der Waals surface area contributed by atoms with E-state index in [1.54, 1.807) is 14.2 Å². The summed E-state index contributed by atoms with van der Waals surface area (Å²) in [5, 5.41) is 0.728. The van der Waals surface area contributed by atoms with Crippen LogP contribution >= 0.6 is 11.6 Å². The maximum atomic E-state index is 6.18. The molecule has 2 rings (SSSR count). The highest BCUT2D eigenvalue weighted by molar-refractivity contribution is 6.32. The Hall–Kier alpha value is -1.09. The summed E-state index contributed by atoms with van der Waals surface area (Å²) in [6.45, 7) is 0. The van der Waals surface area contributed by atoms with Crippen molar-refractivity contribution in [3.05, 3.63) is 53.1 Å². The lowest BCUT2D eigenvalue weighted by Crippen LogP contribution is -2.32. The van der Waals surface area contributed by atoms with Crippen LogP contribution in [0.15, 0.2) is 42.5 Å². The normalized spacial score (nSPS) is 17.9. The van der Waals surface area contributed by atoms with Crippen molar-refractivity contribution >= 4 is 17.2 Å². The van der Waals surface area contributed by atoms with Crippen LogP contribution in [0.25, 0.3) is 5.57 Å². The van der Waals surface area contributed by atoms with Gasteiger partial charge in [-0.2, -0.15) is 0 Å². The van der Waals surface area contributed by atoms with Gasteiger partial charge in [0.25, 0.3) is 0 Å². The van der Waals surface area contributed by atoms with E-state index in [-0.39, 0.29) is 0 Å². The Bertz CT molecular complexity index is 459. The monoisotopic (exact) mass is 250 g/mol. The standard InChI is InChI=1S/C14H15ClO2/c1-16-14(17-2)9-5-6-11(10-14)12-7-3-4-8-13(12)15/h3-8,10H,9H2,1-2H3. The van der Waals surface area contributed by atoms with Gasteiger partial charge < -0.3 is 9.47 Å². The van der Waals surface area contributed by atoms with Gasteiger partial charge in [-0.15, -0.1) is 0 Å². The fourth-order valence-electron chi connectivity index (χ4n) is 1.92. The molecule has 0 saturated carbocycles. The lowest BCUT2D eigenvalue weighted by molar-refractivity contribution is -0.167. The second-order valence-electron chi connectivity index (χ2n) is 3.91. The Balaban J connectivity index is 2.42. The van der Waals surface area contributed by atoms with Gasteiger partial charge in [-0.1, -0.05) is 42.0 Å². The van der Waals surface area contributed by atoms with Crippen LogP contribution < -0.4 is 0 Å². The van der Waals surface area contributed by atoms with Gasteiger partial charge in [-0.05, 0) is 17.7 Å². The van der Waals surface area contributed by atoms with Gasteiger partial charge in [-0.25, -0.2) is 0 Å². The largest absolute Gasteiger partial charge is 0.349 e. The van der Waals surface area contributed by atoms with Crippen LogP contribution in [0.2, 0.25) is 5.02 Å². The lowest BCUT2D eigenvalue weighted by atomic mass is 9.96. The average molecular weight is 251 g/mol. The lowest BCUT2D eigenvalue weighted by Gasteiger charge is -2.29. The topological polar surface area (TPSA) is 18.5 Å². The summed E-state index contributed by atoms with van der Waals surface area (Å²) in [6, 6.07) is 7.74. The molecule has 0 radical (unpaired) electrons. The van der Waals surface area contributed by atoms with Gasteiger partial charge in [0.05, 0.1) is 0 Å². The van der Waals surface area contributed by atoms with Gasteiger partial charge in [0.2, 0.25) is 0 Å². The Morgan fingerprint density at radius 3 is 2.53 bits per heavy atom. The van der Waals surface area contributed by atoms with Gasteiger partial charge in [0, 0.05) is 31.2 Å². The maximum Gasteiger partial charge on any atom is 0.191 e. The molecule has 0 aliphatic heterocycles. The molecule has 0 amide bonds. The zero-order valence-electron chi connectivity index (χ0n) is 9.94. The second-order valence-corrected chi connectivity index (χ2v) is 4.31. The first-order valence-corrected chi connectivity index (χ1v) is 5.83. The molecule has 0 spiro atoms. The molecule has 0 atom stereocenters. The van der Waals surface area contributed by atoms with E-state index in [2.05, 4.69) is 0 Å². The maximum absolute atomic E-state index is 6.18. The summed E-state index contributed by atoms with van der Waals surface area (Å²) in [5.74, 6) is -0.677. The molecule has 1 aliphatic carbocycles. The van der Waals surface area contributed by atoms with Gasteiger partial charge in [0.1, 0.15) is 0 Å². The minimum Gasteiger partial charge on any atom is -0.349 e. The van der Waals surface area contributed by atoms with E-state index in [9.17, 15) is 0 Å². The minimum atomic E-state index is -0.677. The summed E-state index contributed by atoms with van der Waals surface area (Å²) < 4.78 is 10.9. The SMILES string of the molecule is COC1(OC)C=C(c2ccccc2Cl)C=CC1. The first kappa shape index (κ1) is 12.4. The molecule has 0 fully saturated rings. The number of halogens is 1. The Labute approximate surface area is 106 Å². The number of benzene rings is 1. The predicted molar refractivity (Wildman–Crippen MR) is 69.9 cm³/mol. The van der Waals surface area contributed by atoms with Crippen LogP contribution in [0, 0.1) is 0 Å². The molecule has 1 aliphatic rings. The van der Waals surface area contributed by atoms with Crippen LogP contribution in [0.4, 0.5) is 0 Å². The molecular formula is C14H15ClO2. The van der Waals surface area contributed by atoms with Crippen molar-refractivity contribution in [1.29, 1.82) is 0 Å². The minimum absolute atomic E-state index is 0.677. The summed E-state index contributed by atoms with van der Waals surface area (Å²) in [6.07, 6.45) is 6.74. The molecule has 0 N–H and O–H groups in total. The third kappa shape index (κ3) is 2.44. The first-order valence-electron chi connectivity index (χ1n) is 5.45. The molecule has 1 aromatic carbocycles. The van der Waals surface area contributed by atoms with E-state index in [0.717, 1.165) is 16.2 Å². The second kappa shape index (κ2) is 5.05. The van der Waals surface area contributed by atoms with Crippen molar-refractivity contribution in [3.63, 3.8) is 0 Å². The van der Waals surface area contributed by atoms with Crippen LogP contribution in [0.1, 0.15) is 12.0 Å². The number of hydrogen-bond donors (Lipinski definition) is 0. The Morgan fingerprint density at radius 2 is 1.88 bits per heavy atom. The van der Waals surface area contributed by atoms with Gasteiger partial charge in [-0.3, -0.25) is 0 Å². The zero-order valence-corrected chi connectivity index (χ0v) is 10.7. The molecule has 2 nitrogen and oxygen atoms in total. The van der Waals surface area contributed by atoms with Crippen molar-refractivity contribution in [3.8, 4) is 0 Å². The molecule has 90 valence electrons. The fraction of sp³-hybridized carbons (Fsp3) is 0.286. The first-order chi connectivity index (χ1) is 8.21. The van der Waals surface area contributed by atoms with Crippen LogP contribution in [0.3, 0.4) is 0 Å². The summed E-state index contributed by atoms with van der Waals surface area (Å²) in [7, 11) is 3.28. The average Bonchev–Trinajstić information content (AvgIpc) is 2.39. The number of allylic oxidation sites excluding steroid dienone is 2. The molecule has 0 aromatic heterocycles. The zero-order chi connectivity index (χ0) is 12.3. The Kier molecular flexibility index (Phi) is 3.67. The third-order valence-corrected chi connectivity index (χ3v) is 3.28. The number of rotatable bonds is 3. The highest BCUT2D eigenvalue weighted by Crippen LogP contribution is 2.33. The molecule has 0 unspecified atom stereocenters. The van der Waals surface area contributed by atoms with Gasteiger partial charge in [0.15, 0.2) is 5.79 Å². The molecule has 0 bridgehead atoms. The van der Waals surface area contributed by atoms with Crippen molar-refractivity contribution in [2.45, 2.75) is 12.2 Å². The smallest absolute Gasteiger partial charge is 0.191 e. The number of hydrogen-bond acceptors (Lipinski definition) is 2. The van der Waals surface area contributed by atoms with Crippen molar-refractivity contribution in [2.75, 3.05) is 14.2 Å². The molecule has 0 heterocycles. The quantitative estimate of drug-likeness (QED) is 0.762. The predicted octanol–water partition coefficient (Wildman–Crippen LogP) is 3.67. The Morgan fingerprint density at radius 1 is 1.18 bits per heavy atom. The summed E-state index contributed by atoms with van der Waals surface area (Å²) in [5.41, 5.74) is 2.01. The van der Waals surface area contributed by atoms with Crippen LogP contribution in [-0.4, -0.2) is 20.0 Å². The van der Waals surface area contributed by atoms with E-state index in [4.69, 9.17) is 21.1 Å². The van der Waals surface area contributed by atoms with E-state index in [1.807, 2.05) is 42.5 Å². The third-order valence-electron chi connectivity index (χ3n) is 2.95. The van der Waals surface area contributed by atoms with E-state index in [0.29, 0.717) is 6.42 Å². The van der Waals surface area contributed by atoms with E-state index in [1.165, 1.54) is 0 Å². The molecule has 1 aromatic rings. The number of methoxy groups -OCH3 is 2. The van der Waals surface area contributed by atoms with E-state index >= 15 is 0 Å². The van der Waals surface area contributed by atoms with E-state index < -0.39 is 5.79 Å². The van der Waals surface area contributed by atoms with Crippen molar-refractivity contribution < 1.29 is 9.47 Å². The highest BCUT2D eigenvalue weighted by atomic mass is 35.5. The van der Waals surface area contributed by atoms with Crippen molar-refractivity contribution in [1.82, 2.24) is 0 Å². The fourth-order valence-corrected chi connectivity index (χ4v) is 2.17. The molecular weight excluding hydrogens is 236 g/mol. The molecule has 0 saturated heterocycles. The summed E-state index contributed by atoms with van der Waals surface area (Å²) in [4.78, 5) is 0. The van der Waals surface area contributed by atoms with Crippen molar-refractivity contribution in [2.24, 2.45) is 0 Å². The number of ether oxygens (including phenoxy) is 2.